The minimum atomic E-state index is -0.704. The first-order chi connectivity index (χ1) is 9.93. The second-order valence-electron chi connectivity index (χ2n) is 3.90. The van der Waals surface area contributed by atoms with Crippen molar-refractivity contribution in [1.82, 2.24) is 0 Å². The summed E-state index contributed by atoms with van der Waals surface area (Å²) in [4.78, 5) is 0. The van der Waals surface area contributed by atoms with Crippen LogP contribution in [0.2, 0.25) is 10.0 Å². The number of benzene rings is 2. The molecule has 110 valence electrons. The first kappa shape index (κ1) is 15.9. The van der Waals surface area contributed by atoms with Crippen molar-refractivity contribution >= 4 is 45.0 Å². The predicted octanol–water partition coefficient (Wildman–Crippen LogP) is 4.78. The van der Waals surface area contributed by atoms with Crippen LogP contribution < -0.4 is 10.5 Å². The number of hydrogen-bond donors (Lipinski definition) is 2. The van der Waals surface area contributed by atoms with Gasteiger partial charge in [0.1, 0.15) is 5.75 Å². The van der Waals surface area contributed by atoms with Gasteiger partial charge < -0.3 is 15.7 Å². The average molecular weight is 394 g/mol. The zero-order valence-corrected chi connectivity index (χ0v) is 13.4. The zero-order chi connectivity index (χ0) is 15.6. The average Bonchev–Trinajstić information content (AvgIpc) is 2.46. The summed E-state index contributed by atoms with van der Waals surface area (Å²) >= 11 is 14.8. The van der Waals surface area contributed by atoms with Crippen molar-refractivity contribution in [3.8, 4) is 11.5 Å². The zero-order valence-electron chi connectivity index (χ0n) is 10.3. The molecule has 21 heavy (non-hydrogen) atoms. The minimum absolute atomic E-state index is 0.0142. The Labute approximate surface area is 138 Å². The lowest BCUT2D eigenvalue weighted by Crippen LogP contribution is -2.14. The molecule has 0 aliphatic carbocycles. The number of ether oxygens (including phenoxy) is 1. The van der Waals surface area contributed by atoms with Crippen molar-refractivity contribution in [2.75, 3.05) is 0 Å². The molecule has 0 spiro atoms. The normalized spacial score (nSPS) is 11.5. The maximum atomic E-state index is 14.2. The molecule has 0 aromatic heterocycles. The van der Waals surface area contributed by atoms with E-state index in [0.717, 1.165) is 0 Å². The summed E-state index contributed by atoms with van der Waals surface area (Å²) in [5, 5.41) is 12.1. The van der Waals surface area contributed by atoms with Gasteiger partial charge in [0, 0.05) is 10.6 Å². The summed E-state index contributed by atoms with van der Waals surface area (Å²) in [5.41, 5.74) is 5.63. The van der Waals surface area contributed by atoms with Crippen LogP contribution in [0.25, 0.3) is 0 Å². The monoisotopic (exact) mass is 392 g/mol. The number of nitrogens with two attached hydrogens (primary N) is 1. The van der Waals surface area contributed by atoms with Gasteiger partial charge in [0.25, 0.3) is 0 Å². The van der Waals surface area contributed by atoms with Crippen molar-refractivity contribution < 1.29 is 14.3 Å². The van der Waals surface area contributed by atoms with Crippen LogP contribution in [0.1, 0.15) is 5.56 Å². The number of amidine groups is 1. The Morgan fingerprint density at radius 1 is 1.24 bits per heavy atom. The van der Waals surface area contributed by atoms with Crippen LogP contribution in [0, 0.1) is 5.82 Å². The van der Waals surface area contributed by atoms with Gasteiger partial charge in [-0.3, -0.25) is 0 Å². The molecule has 4 nitrogen and oxygen atoms in total. The second kappa shape index (κ2) is 6.51. The molecule has 0 heterocycles. The summed E-state index contributed by atoms with van der Waals surface area (Å²) in [6, 6.07) is 7.37. The molecule has 0 amide bonds. The van der Waals surface area contributed by atoms with E-state index in [1.165, 1.54) is 24.3 Å². The highest BCUT2D eigenvalue weighted by atomic mass is 79.9. The van der Waals surface area contributed by atoms with Crippen molar-refractivity contribution in [2.24, 2.45) is 10.9 Å². The molecule has 0 saturated carbocycles. The van der Waals surface area contributed by atoms with Crippen molar-refractivity contribution in [3.63, 3.8) is 0 Å². The molecule has 8 heteroatoms. The highest BCUT2D eigenvalue weighted by Gasteiger charge is 2.16. The maximum absolute atomic E-state index is 14.2. The van der Waals surface area contributed by atoms with Gasteiger partial charge in [0.05, 0.1) is 9.50 Å². The molecular formula is C13H8BrCl2FN2O2. The van der Waals surface area contributed by atoms with E-state index >= 15 is 0 Å². The predicted molar refractivity (Wildman–Crippen MR) is 83.1 cm³/mol. The highest BCUT2D eigenvalue weighted by molar-refractivity contribution is 9.10. The first-order valence-electron chi connectivity index (χ1n) is 5.53. The summed E-state index contributed by atoms with van der Waals surface area (Å²) in [5.74, 6) is -0.744. The molecule has 0 unspecified atom stereocenters. The van der Waals surface area contributed by atoms with Gasteiger partial charge in [0.2, 0.25) is 0 Å². The number of halogens is 4. The van der Waals surface area contributed by atoms with E-state index in [1.807, 2.05) is 0 Å². The Bertz CT molecular complexity index is 726. The largest absolute Gasteiger partial charge is 0.453 e. The van der Waals surface area contributed by atoms with Crippen LogP contribution in [0.4, 0.5) is 4.39 Å². The third kappa shape index (κ3) is 3.40. The highest BCUT2D eigenvalue weighted by Crippen LogP contribution is 2.35. The van der Waals surface area contributed by atoms with Gasteiger partial charge in [-0.15, -0.1) is 0 Å². The summed E-state index contributed by atoms with van der Waals surface area (Å²) in [6.07, 6.45) is 0. The maximum Gasteiger partial charge on any atom is 0.180 e. The number of oxime groups is 1. The standard InChI is InChI=1S/C13H8BrCl2FN2O2/c14-11-7(13(18)19-20)2-4-10(12(11)17)21-9-3-1-6(15)5-8(9)16/h1-5,20H,(H2,18,19). The van der Waals surface area contributed by atoms with Gasteiger partial charge >= 0.3 is 0 Å². The molecule has 0 aliphatic rings. The molecule has 0 atom stereocenters. The third-order valence-electron chi connectivity index (χ3n) is 2.54. The number of nitrogens with zero attached hydrogens (tertiary/aromatic N) is 1. The van der Waals surface area contributed by atoms with E-state index in [4.69, 9.17) is 38.9 Å². The lowest BCUT2D eigenvalue weighted by atomic mass is 10.2. The fourth-order valence-electron chi connectivity index (χ4n) is 1.54. The molecule has 0 radical (unpaired) electrons. The van der Waals surface area contributed by atoms with Gasteiger partial charge in [-0.1, -0.05) is 28.4 Å². The van der Waals surface area contributed by atoms with E-state index in [2.05, 4.69) is 21.1 Å². The Kier molecular flexibility index (Phi) is 4.92. The van der Waals surface area contributed by atoms with E-state index in [0.29, 0.717) is 5.02 Å². The molecule has 2 aromatic rings. The molecule has 0 saturated heterocycles. The fourth-order valence-corrected chi connectivity index (χ4v) is 2.52. The van der Waals surface area contributed by atoms with Crippen LogP contribution in [0.3, 0.4) is 0 Å². The Hall–Kier alpha value is -1.50. The Morgan fingerprint density at radius 2 is 1.90 bits per heavy atom. The quantitative estimate of drug-likeness (QED) is 0.341. The second-order valence-corrected chi connectivity index (χ2v) is 5.54. The molecule has 2 aromatic carbocycles. The van der Waals surface area contributed by atoms with Gasteiger partial charge in [-0.25, -0.2) is 4.39 Å². The summed E-state index contributed by atoms with van der Waals surface area (Å²) in [6.45, 7) is 0. The van der Waals surface area contributed by atoms with Gasteiger partial charge in [-0.2, -0.15) is 0 Å². The van der Waals surface area contributed by atoms with Gasteiger partial charge in [-0.05, 0) is 46.3 Å². The van der Waals surface area contributed by atoms with Crippen LogP contribution >= 0.6 is 39.1 Å². The van der Waals surface area contributed by atoms with E-state index in [-0.39, 0.29) is 32.4 Å². The summed E-state index contributed by atoms with van der Waals surface area (Å²) in [7, 11) is 0. The van der Waals surface area contributed by atoms with Crippen LogP contribution in [0.15, 0.2) is 40.0 Å². The van der Waals surface area contributed by atoms with Crippen LogP contribution in [-0.2, 0) is 0 Å². The van der Waals surface area contributed by atoms with Crippen molar-refractivity contribution in [3.05, 3.63) is 56.2 Å². The lowest BCUT2D eigenvalue weighted by molar-refractivity contribution is 0.318. The van der Waals surface area contributed by atoms with Crippen LogP contribution in [0.5, 0.6) is 11.5 Å². The summed E-state index contributed by atoms with van der Waals surface area (Å²) < 4.78 is 19.6. The fraction of sp³-hybridized carbons (Fsp3) is 0. The SMILES string of the molecule is N/C(=N/O)c1ccc(Oc2ccc(Cl)cc2Cl)c(F)c1Br. The number of rotatable bonds is 3. The topological polar surface area (TPSA) is 67.8 Å². The minimum Gasteiger partial charge on any atom is -0.453 e. The lowest BCUT2D eigenvalue weighted by Gasteiger charge is -2.11. The van der Waals surface area contributed by atoms with Crippen LogP contribution in [-0.4, -0.2) is 11.0 Å². The van der Waals surface area contributed by atoms with Crippen molar-refractivity contribution in [2.45, 2.75) is 0 Å². The van der Waals surface area contributed by atoms with E-state index < -0.39 is 5.82 Å². The first-order valence-corrected chi connectivity index (χ1v) is 7.07. The molecule has 0 bridgehead atoms. The third-order valence-corrected chi connectivity index (χ3v) is 3.85. The molecule has 3 N–H and O–H groups in total. The smallest absolute Gasteiger partial charge is 0.180 e. The molecule has 0 fully saturated rings. The molecule has 2 rings (SSSR count). The number of hydrogen-bond acceptors (Lipinski definition) is 3. The van der Waals surface area contributed by atoms with E-state index in [9.17, 15) is 4.39 Å². The Morgan fingerprint density at radius 3 is 2.52 bits per heavy atom. The Balaban J connectivity index is 2.40. The van der Waals surface area contributed by atoms with Gasteiger partial charge in [0.15, 0.2) is 17.4 Å². The molecular weight excluding hydrogens is 386 g/mol. The molecule has 0 aliphatic heterocycles. The van der Waals surface area contributed by atoms with Crippen molar-refractivity contribution in [1.29, 1.82) is 0 Å². The van der Waals surface area contributed by atoms with E-state index in [1.54, 1.807) is 6.07 Å².